The fourth-order valence-electron chi connectivity index (χ4n) is 2.95. The second-order valence-corrected chi connectivity index (χ2v) is 5.54. The Kier molecular flexibility index (Phi) is 3.93. The highest BCUT2D eigenvalue weighted by Gasteiger charge is 2.38. The van der Waals surface area contributed by atoms with Crippen LogP contribution in [0.15, 0.2) is 24.3 Å². The summed E-state index contributed by atoms with van der Waals surface area (Å²) in [5.41, 5.74) is 2.05. The molecule has 1 aliphatic rings. The molecule has 2 rings (SSSR count). The number of aryl methyl sites for hydroxylation is 1. The third kappa shape index (κ3) is 2.85. The lowest BCUT2D eigenvalue weighted by atomic mass is 9.84. The molecule has 0 spiro atoms. The molecule has 1 fully saturated rings. The lowest BCUT2D eigenvalue weighted by Gasteiger charge is -2.43. The van der Waals surface area contributed by atoms with E-state index in [2.05, 4.69) is 38.2 Å². The Morgan fingerprint density at radius 2 is 1.89 bits per heavy atom. The van der Waals surface area contributed by atoms with Crippen molar-refractivity contribution in [2.24, 2.45) is 0 Å². The van der Waals surface area contributed by atoms with Gasteiger partial charge in [0.05, 0.1) is 24.4 Å². The zero-order chi connectivity index (χ0) is 13.2. The van der Waals surface area contributed by atoms with Gasteiger partial charge in [-0.15, -0.1) is 0 Å². The molecule has 1 aromatic carbocycles. The van der Waals surface area contributed by atoms with E-state index in [1.54, 1.807) is 0 Å². The van der Waals surface area contributed by atoms with E-state index in [1.807, 2.05) is 12.1 Å². The van der Waals surface area contributed by atoms with Crippen LogP contribution in [0.2, 0.25) is 0 Å². The molecule has 2 atom stereocenters. The first-order valence-corrected chi connectivity index (χ1v) is 6.65. The van der Waals surface area contributed by atoms with Crippen LogP contribution in [0.4, 0.5) is 5.69 Å². The van der Waals surface area contributed by atoms with Gasteiger partial charge in [0.2, 0.25) is 0 Å². The van der Waals surface area contributed by atoms with E-state index in [4.69, 9.17) is 4.74 Å². The van der Waals surface area contributed by atoms with Crippen molar-refractivity contribution in [1.82, 2.24) is 0 Å². The zero-order valence-corrected chi connectivity index (χ0v) is 11.4. The summed E-state index contributed by atoms with van der Waals surface area (Å²) in [4.78, 5) is 0. The summed E-state index contributed by atoms with van der Waals surface area (Å²) < 4.78 is 5.76. The Balaban J connectivity index is 2.20. The fourth-order valence-corrected chi connectivity index (χ4v) is 2.95. The molecule has 0 radical (unpaired) electrons. The van der Waals surface area contributed by atoms with Crippen LogP contribution in [0.5, 0.6) is 0 Å². The minimum absolute atomic E-state index is 0.138. The molecule has 0 amide bonds. The Bertz CT molecular complexity index is 395. The predicted molar refractivity (Wildman–Crippen MR) is 73.9 cm³/mol. The minimum Gasteiger partial charge on any atom is -0.394 e. The van der Waals surface area contributed by atoms with Crippen LogP contribution < -0.4 is 5.32 Å². The van der Waals surface area contributed by atoms with Crippen LogP contribution in [-0.2, 0) is 4.74 Å². The largest absolute Gasteiger partial charge is 0.394 e. The summed E-state index contributed by atoms with van der Waals surface area (Å²) in [6.45, 7) is 6.36. The average molecular weight is 249 g/mol. The highest BCUT2D eigenvalue weighted by atomic mass is 16.5. The van der Waals surface area contributed by atoms with E-state index in [-0.39, 0.29) is 24.4 Å². The van der Waals surface area contributed by atoms with Crippen molar-refractivity contribution < 1.29 is 9.84 Å². The highest BCUT2D eigenvalue weighted by Crippen LogP contribution is 2.32. The number of ether oxygens (including phenoxy) is 1. The highest BCUT2D eigenvalue weighted by molar-refractivity contribution is 5.52. The molecule has 1 saturated heterocycles. The normalized spacial score (nSPS) is 32.2. The summed E-state index contributed by atoms with van der Waals surface area (Å²) in [6, 6.07) is 8.20. The topological polar surface area (TPSA) is 41.5 Å². The molecule has 0 bridgehead atoms. The molecule has 18 heavy (non-hydrogen) atoms. The number of hydrogen-bond acceptors (Lipinski definition) is 3. The second-order valence-electron chi connectivity index (χ2n) is 5.54. The lowest BCUT2D eigenvalue weighted by molar-refractivity contribution is -0.0653. The van der Waals surface area contributed by atoms with E-state index < -0.39 is 0 Å². The van der Waals surface area contributed by atoms with Crippen molar-refractivity contribution in [2.75, 3.05) is 11.9 Å². The van der Waals surface area contributed by atoms with Gasteiger partial charge >= 0.3 is 0 Å². The first-order valence-electron chi connectivity index (χ1n) is 6.65. The molecular formula is C15H23NO2. The molecule has 2 N–H and O–H groups in total. The standard InChI is InChI=1S/C15H23NO2/c1-11-6-4-5-7-14(11)16-15(10-17)8-12(2)18-13(3)9-15/h4-7,12-13,16-17H,8-10H2,1-3H3. The van der Waals surface area contributed by atoms with Crippen LogP contribution in [0, 0.1) is 6.92 Å². The molecule has 0 saturated carbocycles. The third-order valence-corrected chi connectivity index (χ3v) is 3.67. The Morgan fingerprint density at radius 3 is 2.44 bits per heavy atom. The average Bonchev–Trinajstić information content (AvgIpc) is 2.31. The van der Waals surface area contributed by atoms with E-state index >= 15 is 0 Å². The summed E-state index contributed by atoms with van der Waals surface area (Å²) in [6.07, 6.45) is 2.03. The lowest BCUT2D eigenvalue weighted by Crippen LogP contribution is -2.51. The zero-order valence-electron chi connectivity index (χ0n) is 11.4. The van der Waals surface area contributed by atoms with E-state index in [9.17, 15) is 5.11 Å². The van der Waals surface area contributed by atoms with Crippen molar-refractivity contribution in [3.8, 4) is 0 Å². The van der Waals surface area contributed by atoms with E-state index in [1.165, 1.54) is 5.56 Å². The number of benzene rings is 1. The second kappa shape index (κ2) is 5.29. The monoisotopic (exact) mass is 249 g/mol. The van der Waals surface area contributed by atoms with Crippen molar-refractivity contribution in [1.29, 1.82) is 0 Å². The Hall–Kier alpha value is -1.06. The van der Waals surface area contributed by atoms with Gasteiger partial charge in [-0.25, -0.2) is 0 Å². The molecule has 100 valence electrons. The maximum atomic E-state index is 9.81. The van der Waals surface area contributed by atoms with Crippen LogP contribution in [-0.4, -0.2) is 29.5 Å². The van der Waals surface area contributed by atoms with Gasteiger partial charge in [-0.05, 0) is 45.2 Å². The van der Waals surface area contributed by atoms with Gasteiger partial charge in [0.1, 0.15) is 0 Å². The third-order valence-electron chi connectivity index (χ3n) is 3.67. The van der Waals surface area contributed by atoms with Gasteiger partial charge in [0, 0.05) is 5.69 Å². The fraction of sp³-hybridized carbons (Fsp3) is 0.600. The van der Waals surface area contributed by atoms with Crippen molar-refractivity contribution >= 4 is 5.69 Å². The number of aliphatic hydroxyl groups is 1. The summed E-state index contributed by atoms with van der Waals surface area (Å²) in [5.74, 6) is 0. The van der Waals surface area contributed by atoms with Gasteiger partial charge in [-0.1, -0.05) is 18.2 Å². The van der Waals surface area contributed by atoms with E-state index in [0.29, 0.717) is 0 Å². The number of anilines is 1. The summed E-state index contributed by atoms with van der Waals surface area (Å²) >= 11 is 0. The number of aliphatic hydroxyl groups excluding tert-OH is 1. The number of para-hydroxylation sites is 1. The van der Waals surface area contributed by atoms with Crippen molar-refractivity contribution in [3.63, 3.8) is 0 Å². The van der Waals surface area contributed by atoms with Gasteiger partial charge in [0.25, 0.3) is 0 Å². The minimum atomic E-state index is -0.261. The van der Waals surface area contributed by atoms with E-state index in [0.717, 1.165) is 18.5 Å². The summed E-state index contributed by atoms with van der Waals surface area (Å²) in [7, 11) is 0. The van der Waals surface area contributed by atoms with Crippen molar-refractivity contribution in [3.05, 3.63) is 29.8 Å². The number of nitrogens with one attached hydrogen (secondary N) is 1. The molecule has 3 heteroatoms. The molecule has 2 unspecified atom stereocenters. The molecule has 1 aliphatic heterocycles. The van der Waals surface area contributed by atoms with Gasteiger partial charge < -0.3 is 15.2 Å². The number of rotatable bonds is 3. The summed E-state index contributed by atoms with van der Waals surface area (Å²) in [5, 5.41) is 13.4. The van der Waals surface area contributed by atoms with Crippen LogP contribution in [0.1, 0.15) is 32.3 Å². The molecule has 1 aromatic rings. The number of hydrogen-bond donors (Lipinski definition) is 2. The SMILES string of the molecule is Cc1ccccc1NC1(CO)CC(C)OC(C)C1. The van der Waals surface area contributed by atoms with Gasteiger partial charge in [-0.3, -0.25) is 0 Å². The van der Waals surface area contributed by atoms with Crippen LogP contribution in [0.25, 0.3) is 0 Å². The van der Waals surface area contributed by atoms with Crippen molar-refractivity contribution in [2.45, 2.75) is 51.4 Å². The smallest absolute Gasteiger partial charge is 0.0663 e. The first-order chi connectivity index (χ1) is 8.54. The van der Waals surface area contributed by atoms with Gasteiger partial charge in [0.15, 0.2) is 0 Å². The first kappa shape index (κ1) is 13.4. The molecule has 0 aromatic heterocycles. The Morgan fingerprint density at radius 1 is 1.28 bits per heavy atom. The molecule has 3 nitrogen and oxygen atoms in total. The Labute approximate surface area is 109 Å². The quantitative estimate of drug-likeness (QED) is 0.865. The molecular weight excluding hydrogens is 226 g/mol. The predicted octanol–water partition coefficient (Wildman–Crippen LogP) is 2.73. The molecule has 1 heterocycles. The molecule has 0 aliphatic carbocycles. The van der Waals surface area contributed by atoms with Crippen LogP contribution >= 0.6 is 0 Å². The maximum absolute atomic E-state index is 9.81. The van der Waals surface area contributed by atoms with Crippen LogP contribution in [0.3, 0.4) is 0 Å². The maximum Gasteiger partial charge on any atom is 0.0663 e. The van der Waals surface area contributed by atoms with Gasteiger partial charge in [-0.2, -0.15) is 0 Å².